The third-order valence-electron chi connectivity index (χ3n) is 0.957. The lowest BCUT2D eigenvalue weighted by atomic mass is 10.4. The Balaban J connectivity index is 0.000000162. The van der Waals surface area contributed by atoms with Crippen LogP contribution < -0.4 is 5.32 Å². The maximum absolute atomic E-state index is 4.33. The Kier molecular flexibility index (Phi) is 7.17. The summed E-state index contributed by atoms with van der Waals surface area (Å²) < 4.78 is 0. The standard InChI is InChI=1S/C4H9N.ClHS/c1-2-4-5-3-1;1-2/h5H,1-4H2;2H. The van der Waals surface area contributed by atoms with E-state index in [1.807, 2.05) is 0 Å². The summed E-state index contributed by atoms with van der Waals surface area (Å²) in [7, 11) is 4.33. The maximum Gasteiger partial charge on any atom is -0.00484 e. The van der Waals surface area contributed by atoms with E-state index in [-0.39, 0.29) is 0 Å². The van der Waals surface area contributed by atoms with Crippen molar-refractivity contribution in [1.82, 2.24) is 5.32 Å². The molecule has 1 N–H and O–H groups in total. The molecule has 1 heterocycles. The number of thiol groups is 1. The molecule has 1 fully saturated rings. The first-order chi connectivity index (χ1) is 3.50. The fourth-order valence-corrected chi connectivity index (χ4v) is 0.625. The van der Waals surface area contributed by atoms with E-state index in [0.29, 0.717) is 0 Å². The van der Waals surface area contributed by atoms with Crippen LogP contribution in [0.3, 0.4) is 0 Å². The second-order valence-corrected chi connectivity index (χ2v) is 1.46. The minimum atomic E-state index is 1.25. The first-order valence-corrected chi connectivity index (χ1v) is 3.73. The molecule has 0 aliphatic carbocycles. The third-order valence-corrected chi connectivity index (χ3v) is 0.957. The number of nitrogens with one attached hydrogen (secondary N) is 1. The lowest BCUT2D eigenvalue weighted by Crippen LogP contribution is -2.03. The summed E-state index contributed by atoms with van der Waals surface area (Å²) in [6.07, 6.45) is 2.78. The van der Waals surface area contributed by atoms with Gasteiger partial charge in [-0.1, -0.05) is 11.8 Å². The van der Waals surface area contributed by atoms with E-state index >= 15 is 0 Å². The molecule has 0 saturated carbocycles. The molecule has 0 bridgehead atoms. The van der Waals surface area contributed by atoms with Gasteiger partial charge in [0.1, 0.15) is 0 Å². The molecule has 0 spiro atoms. The predicted molar refractivity (Wildman–Crippen MR) is 36.9 cm³/mol. The van der Waals surface area contributed by atoms with Crippen LogP contribution in [0.4, 0.5) is 0 Å². The normalized spacial score (nSPS) is 18.0. The highest BCUT2D eigenvalue weighted by Crippen LogP contribution is 1.90. The summed E-state index contributed by atoms with van der Waals surface area (Å²) in [6.45, 7) is 2.50. The van der Waals surface area contributed by atoms with Crippen LogP contribution in [-0.4, -0.2) is 13.1 Å². The molecule has 0 amide bonds. The second-order valence-electron chi connectivity index (χ2n) is 1.46. The van der Waals surface area contributed by atoms with Gasteiger partial charge in [0.2, 0.25) is 0 Å². The number of hydrogen-bond acceptors (Lipinski definition) is 2. The van der Waals surface area contributed by atoms with Gasteiger partial charge >= 0.3 is 0 Å². The maximum atomic E-state index is 4.33. The summed E-state index contributed by atoms with van der Waals surface area (Å²) >= 11 is 3.00. The van der Waals surface area contributed by atoms with Crippen LogP contribution in [0.5, 0.6) is 0 Å². The van der Waals surface area contributed by atoms with Gasteiger partial charge < -0.3 is 5.32 Å². The van der Waals surface area contributed by atoms with Crippen LogP contribution in [0, 0.1) is 0 Å². The van der Waals surface area contributed by atoms with Crippen LogP contribution in [0.1, 0.15) is 12.8 Å². The molecule has 0 aromatic rings. The Labute approximate surface area is 54.3 Å². The van der Waals surface area contributed by atoms with Crippen molar-refractivity contribution in [2.45, 2.75) is 12.8 Å². The highest BCUT2D eigenvalue weighted by Gasteiger charge is 1.93. The zero-order valence-electron chi connectivity index (χ0n) is 4.15. The number of hydrogen-bond donors (Lipinski definition) is 2. The molecule has 1 saturated heterocycles. The highest BCUT2D eigenvalue weighted by atomic mass is 35.7. The average Bonchev–Trinajstić information content (AvgIpc) is 2.23. The summed E-state index contributed by atoms with van der Waals surface area (Å²) in [5, 5.41) is 3.22. The number of halogens is 1. The van der Waals surface area contributed by atoms with Gasteiger partial charge in [0.15, 0.2) is 0 Å². The van der Waals surface area contributed by atoms with Crippen LogP contribution in [0.25, 0.3) is 0 Å². The molecule has 0 aromatic carbocycles. The third kappa shape index (κ3) is 4.45. The Morgan fingerprint density at radius 1 is 1.14 bits per heavy atom. The highest BCUT2D eigenvalue weighted by molar-refractivity contribution is 8.05. The van der Waals surface area contributed by atoms with Gasteiger partial charge in [-0.15, -0.1) is 0 Å². The monoisotopic (exact) mass is 139 g/mol. The Morgan fingerprint density at radius 3 is 1.71 bits per heavy atom. The quantitative estimate of drug-likeness (QED) is 0.484. The van der Waals surface area contributed by atoms with Crippen LogP contribution in [-0.2, 0) is 0 Å². The zero-order valence-corrected chi connectivity index (χ0v) is 5.80. The van der Waals surface area contributed by atoms with E-state index in [1.54, 1.807) is 0 Å². The fraction of sp³-hybridized carbons (Fsp3) is 1.00. The van der Waals surface area contributed by atoms with E-state index in [2.05, 4.69) is 27.8 Å². The van der Waals surface area contributed by atoms with E-state index in [4.69, 9.17) is 0 Å². The van der Waals surface area contributed by atoms with Gasteiger partial charge in [0.25, 0.3) is 0 Å². The Bertz CT molecular complexity index is 23.3. The van der Waals surface area contributed by atoms with Crippen LogP contribution in [0.15, 0.2) is 0 Å². The van der Waals surface area contributed by atoms with Gasteiger partial charge in [-0.05, 0) is 36.6 Å². The molecule has 7 heavy (non-hydrogen) atoms. The van der Waals surface area contributed by atoms with Crippen molar-refractivity contribution in [2.24, 2.45) is 0 Å². The van der Waals surface area contributed by atoms with Gasteiger partial charge in [-0.3, -0.25) is 0 Å². The largest absolute Gasteiger partial charge is 0.317 e. The van der Waals surface area contributed by atoms with Crippen molar-refractivity contribution in [2.75, 3.05) is 13.1 Å². The summed E-state index contributed by atoms with van der Waals surface area (Å²) in [5.41, 5.74) is 0. The minimum absolute atomic E-state index is 1.25. The van der Waals surface area contributed by atoms with Crippen molar-refractivity contribution in [3.05, 3.63) is 0 Å². The van der Waals surface area contributed by atoms with Gasteiger partial charge in [-0.2, -0.15) is 0 Å². The SMILES string of the molecule is C1CCNC1.SCl. The van der Waals surface area contributed by atoms with Crippen LogP contribution in [0.2, 0.25) is 0 Å². The van der Waals surface area contributed by atoms with E-state index in [0.717, 1.165) is 0 Å². The van der Waals surface area contributed by atoms with E-state index in [1.165, 1.54) is 25.9 Å². The van der Waals surface area contributed by atoms with Crippen molar-refractivity contribution >= 4 is 22.5 Å². The first-order valence-electron chi connectivity index (χ1n) is 2.38. The summed E-state index contributed by atoms with van der Waals surface area (Å²) in [4.78, 5) is 0. The molecule has 1 nitrogen and oxygen atoms in total. The zero-order chi connectivity index (χ0) is 5.54. The molecule has 0 aromatic heterocycles. The van der Waals surface area contributed by atoms with E-state index < -0.39 is 0 Å². The van der Waals surface area contributed by atoms with Crippen molar-refractivity contribution in [3.8, 4) is 0 Å². The lowest BCUT2D eigenvalue weighted by Gasteiger charge is -1.76. The van der Waals surface area contributed by atoms with Gasteiger partial charge in [0.05, 0.1) is 0 Å². The average molecular weight is 140 g/mol. The van der Waals surface area contributed by atoms with Crippen molar-refractivity contribution in [1.29, 1.82) is 0 Å². The molecule has 1 rings (SSSR count). The molecular formula is C4H10ClNS. The summed E-state index contributed by atoms with van der Waals surface area (Å²) in [6, 6.07) is 0. The molecule has 0 unspecified atom stereocenters. The molecular weight excluding hydrogens is 130 g/mol. The molecule has 0 atom stereocenters. The van der Waals surface area contributed by atoms with Gasteiger partial charge in [0, 0.05) is 0 Å². The lowest BCUT2D eigenvalue weighted by molar-refractivity contribution is 0.857. The molecule has 3 heteroatoms. The number of rotatable bonds is 0. The van der Waals surface area contributed by atoms with Crippen molar-refractivity contribution in [3.63, 3.8) is 0 Å². The molecule has 0 radical (unpaired) electrons. The molecule has 1 aliphatic heterocycles. The molecule has 1 aliphatic rings. The van der Waals surface area contributed by atoms with Crippen LogP contribution >= 0.6 is 22.5 Å². The summed E-state index contributed by atoms with van der Waals surface area (Å²) in [5.74, 6) is 0. The fourth-order valence-electron chi connectivity index (χ4n) is 0.625. The second kappa shape index (κ2) is 6.60. The Morgan fingerprint density at radius 2 is 1.57 bits per heavy atom. The minimum Gasteiger partial charge on any atom is -0.317 e. The van der Waals surface area contributed by atoms with Gasteiger partial charge in [-0.25, -0.2) is 0 Å². The van der Waals surface area contributed by atoms with Crippen molar-refractivity contribution < 1.29 is 0 Å². The Hall–Kier alpha value is 0.600. The topological polar surface area (TPSA) is 12.0 Å². The first kappa shape index (κ1) is 7.60. The van der Waals surface area contributed by atoms with E-state index in [9.17, 15) is 0 Å². The molecule has 44 valence electrons. The smallest absolute Gasteiger partial charge is 0.00484 e. The predicted octanol–water partition coefficient (Wildman–Crippen LogP) is 1.44.